The van der Waals surface area contributed by atoms with Crippen molar-refractivity contribution in [2.24, 2.45) is 0 Å². The van der Waals surface area contributed by atoms with Crippen molar-refractivity contribution < 1.29 is 9.59 Å². The summed E-state index contributed by atoms with van der Waals surface area (Å²) in [5.74, 6) is 0.690. The average Bonchev–Trinajstić information content (AvgIpc) is 3.29. The number of imidazole rings is 1. The van der Waals surface area contributed by atoms with Crippen LogP contribution in [-0.2, 0) is 13.0 Å². The Balaban J connectivity index is 1.17. The molecule has 0 bridgehead atoms. The average molecular weight is 488 g/mol. The molecule has 0 spiro atoms. The third kappa shape index (κ3) is 5.30. The van der Waals surface area contributed by atoms with Gasteiger partial charge in [-0.1, -0.05) is 35.9 Å². The summed E-state index contributed by atoms with van der Waals surface area (Å²) in [7, 11) is 0. The maximum absolute atomic E-state index is 13.1. The molecule has 1 aromatic heterocycles. The minimum Gasteiger partial charge on any atom is -0.352 e. The normalized spacial score (nSPS) is 13.9. The third-order valence-corrected chi connectivity index (χ3v) is 6.38. The fourth-order valence-corrected chi connectivity index (χ4v) is 4.42. The van der Waals surface area contributed by atoms with E-state index in [2.05, 4.69) is 15.3 Å². The second-order valence-electron chi connectivity index (χ2n) is 8.59. The van der Waals surface area contributed by atoms with Crippen LogP contribution in [0.25, 0.3) is 11.0 Å². The summed E-state index contributed by atoms with van der Waals surface area (Å²) >= 11 is 5.97. The number of aromatic amines is 1. The van der Waals surface area contributed by atoms with Crippen LogP contribution in [0.3, 0.4) is 0 Å². The van der Waals surface area contributed by atoms with Crippen LogP contribution in [-0.4, -0.2) is 46.4 Å². The van der Waals surface area contributed by atoms with E-state index in [1.54, 1.807) is 17.0 Å². The summed E-state index contributed by atoms with van der Waals surface area (Å²) in [6.07, 6.45) is 1.49. The van der Waals surface area contributed by atoms with E-state index in [1.807, 2.05) is 65.6 Å². The van der Waals surface area contributed by atoms with Crippen molar-refractivity contribution in [3.63, 3.8) is 0 Å². The highest BCUT2D eigenvalue weighted by Gasteiger charge is 2.27. The highest BCUT2D eigenvalue weighted by Crippen LogP contribution is 2.22. The van der Waals surface area contributed by atoms with E-state index in [9.17, 15) is 9.59 Å². The third-order valence-electron chi connectivity index (χ3n) is 6.12. The van der Waals surface area contributed by atoms with Gasteiger partial charge in [0.2, 0.25) is 0 Å². The highest BCUT2D eigenvalue weighted by atomic mass is 35.5. The molecule has 3 aromatic carbocycles. The van der Waals surface area contributed by atoms with Crippen molar-refractivity contribution in [1.29, 1.82) is 0 Å². The van der Waals surface area contributed by atoms with Crippen molar-refractivity contribution >= 4 is 40.3 Å². The number of fused-ring (bicyclic) bond motifs is 1. The van der Waals surface area contributed by atoms with Gasteiger partial charge in [0.1, 0.15) is 5.82 Å². The first kappa shape index (κ1) is 22.9. The number of amides is 3. The molecular formula is C27H26ClN5O2. The molecule has 178 valence electrons. The second kappa shape index (κ2) is 10.2. The number of benzene rings is 3. The summed E-state index contributed by atoms with van der Waals surface area (Å²) < 4.78 is 0. The van der Waals surface area contributed by atoms with Crippen LogP contribution >= 0.6 is 11.6 Å². The molecule has 0 radical (unpaired) electrons. The number of hydrogen-bond acceptors (Lipinski definition) is 3. The molecule has 1 saturated heterocycles. The van der Waals surface area contributed by atoms with E-state index in [-0.39, 0.29) is 11.9 Å². The number of urea groups is 1. The van der Waals surface area contributed by atoms with Gasteiger partial charge in [0.15, 0.2) is 0 Å². The van der Waals surface area contributed by atoms with E-state index >= 15 is 0 Å². The molecule has 0 atom stereocenters. The number of H-pyrrole nitrogens is 1. The highest BCUT2D eigenvalue weighted by molar-refractivity contribution is 6.30. The minimum absolute atomic E-state index is 0.0331. The molecule has 8 heteroatoms. The lowest BCUT2D eigenvalue weighted by Crippen LogP contribution is -2.49. The number of nitrogens with one attached hydrogen (secondary N) is 2. The Bertz CT molecular complexity index is 1300. The first-order valence-corrected chi connectivity index (χ1v) is 12.1. The maximum Gasteiger partial charge on any atom is 0.324 e. The number of para-hydroxylation sites is 2. The number of rotatable bonds is 7. The molecule has 2 heterocycles. The zero-order valence-corrected chi connectivity index (χ0v) is 20.0. The van der Waals surface area contributed by atoms with E-state index in [0.717, 1.165) is 34.5 Å². The number of nitrogens with zero attached hydrogens (tertiary/aromatic N) is 3. The van der Waals surface area contributed by atoms with Gasteiger partial charge >= 0.3 is 6.03 Å². The molecule has 0 saturated carbocycles. The number of anilines is 1. The second-order valence-corrected chi connectivity index (χ2v) is 9.03. The number of hydrogen-bond donors (Lipinski definition) is 2. The molecule has 7 nitrogen and oxygen atoms in total. The SMILES string of the molecule is O=C(NCCc1nc2ccccc2[nH]1)c1ccc(N2CCCN(Cc3ccc(Cl)cc3)C2=O)cc1. The van der Waals surface area contributed by atoms with Crippen molar-refractivity contribution in [2.75, 3.05) is 24.5 Å². The zero-order valence-electron chi connectivity index (χ0n) is 19.2. The van der Waals surface area contributed by atoms with Gasteiger partial charge in [-0.3, -0.25) is 9.69 Å². The standard InChI is InChI=1S/C27H26ClN5O2/c28-21-10-6-19(7-11-21)18-32-16-3-17-33(27(32)35)22-12-8-20(9-13-22)26(34)29-15-14-25-30-23-4-1-2-5-24(23)31-25/h1-2,4-13H,3,14-18H2,(H,29,34)(H,30,31). The van der Waals surface area contributed by atoms with Gasteiger partial charge in [0.05, 0.1) is 11.0 Å². The van der Waals surface area contributed by atoms with Crippen molar-refractivity contribution in [3.05, 3.63) is 94.8 Å². The Kier molecular flexibility index (Phi) is 6.68. The number of carbonyl (C=O) groups excluding carboxylic acids is 2. The molecule has 5 rings (SSSR count). The van der Waals surface area contributed by atoms with Crippen LogP contribution < -0.4 is 10.2 Å². The quantitative estimate of drug-likeness (QED) is 0.384. The maximum atomic E-state index is 13.1. The number of carbonyl (C=O) groups is 2. The Labute approximate surface area is 208 Å². The van der Waals surface area contributed by atoms with Gasteiger partial charge in [-0.05, 0) is 60.5 Å². The van der Waals surface area contributed by atoms with Crippen LogP contribution in [0.15, 0.2) is 72.8 Å². The first-order valence-electron chi connectivity index (χ1n) is 11.7. The predicted octanol–water partition coefficient (Wildman–Crippen LogP) is 5.02. The Hall–Kier alpha value is -3.84. The number of aromatic nitrogens is 2. The Morgan fingerprint density at radius 2 is 1.77 bits per heavy atom. The molecule has 1 aliphatic rings. The van der Waals surface area contributed by atoms with Gasteiger partial charge in [0, 0.05) is 48.9 Å². The molecule has 3 amide bonds. The summed E-state index contributed by atoms with van der Waals surface area (Å²) in [4.78, 5) is 37.1. The summed E-state index contributed by atoms with van der Waals surface area (Å²) in [6, 6.07) is 22.6. The van der Waals surface area contributed by atoms with Crippen LogP contribution in [0.5, 0.6) is 0 Å². The lowest BCUT2D eigenvalue weighted by molar-refractivity contribution is 0.0954. The van der Waals surface area contributed by atoms with E-state index in [0.29, 0.717) is 43.2 Å². The molecule has 0 unspecified atom stereocenters. The topological polar surface area (TPSA) is 81.3 Å². The van der Waals surface area contributed by atoms with Crippen LogP contribution in [0, 0.1) is 0 Å². The lowest BCUT2D eigenvalue weighted by atomic mass is 10.1. The van der Waals surface area contributed by atoms with Gasteiger partial charge < -0.3 is 15.2 Å². The zero-order chi connectivity index (χ0) is 24.2. The fraction of sp³-hybridized carbons (Fsp3) is 0.222. The monoisotopic (exact) mass is 487 g/mol. The largest absolute Gasteiger partial charge is 0.352 e. The van der Waals surface area contributed by atoms with Gasteiger partial charge in [-0.25, -0.2) is 9.78 Å². The summed E-state index contributed by atoms with van der Waals surface area (Å²) in [5, 5.41) is 3.62. The van der Waals surface area contributed by atoms with Crippen LogP contribution in [0.1, 0.15) is 28.2 Å². The van der Waals surface area contributed by atoms with Gasteiger partial charge in [-0.15, -0.1) is 0 Å². The predicted molar refractivity (Wildman–Crippen MR) is 138 cm³/mol. The number of halogens is 1. The molecule has 35 heavy (non-hydrogen) atoms. The van der Waals surface area contributed by atoms with Crippen LogP contribution in [0.2, 0.25) is 5.02 Å². The van der Waals surface area contributed by atoms with E-state index in [1.165, 1.54) is 0 Å². The van der Waals surface area contributed by atoms with Gasteiger partial charge in [-0.2, -0.15) is 0 Å². The minimum atomic E-state index is -0.151. The molecule has 2 N–H and O–H groups in total. The molecule has 1 aliphatic heterocycles. The Morgan fingerprint density at radius 3 is 2.54 bits per heavy atom. The van der Waals surface area contributed by atoms with E-state index in [4.69, 9.17) is 11.6 Å². The molecular weight excluding hydrogens is 462 g/mol. The smallest absolute Gasteiger partial charge is 0.324 e. The summed E-state index contributed by atoms with van der Waals surface area (Å²) in [5.41, 5.74) is 4.29. The lowest BCUT2D eigenvalue weighted by Gasteiger charge is -2.35. The molecule has 1 fully saturated rings. The van der Waals surface area contributed by atoms with Gasteiger partial charge in [0.25, 0.3) is 5.91 Å². The molecule has 0 aliphatic carbocycles. The van der Waals surface area contributed by atoms with Crippen molar-refractivity contribution in [2.45, 2.75) is 19.4 Å². The summed E-state index contributed by atoms with van der Waals surface area (Å²) in [6.45, 7) is 2.38. The first-order chi connectivity index (χ1) is 17.1. The van der Waals surface area contributed by atoms with Crippen LogP contribution in [0.4, 0.5) is 10.5 Å². The van der Waals surface area contributed by atoms with Crippen molar-refractivity contribution in [1.82, 2.24) is 20.2 Å². The fourth-order valence-electron chi connectivity index (χ4n) is 4.29. The van der Waals surface area contributed by atoms with E-state index < -0.39 is 0 Å². The molecule has 4 aromatic rings. The Morgan fingerprint density at radius 1 is 1.00 bits per heavy atom. The van der Waals surface area contributed by atoms with Crippen molar-refractivity contribution in [3.8, 4) is 0 Å².